The van der Waals surface area contributed by atoms with E-state index in [1.54, 1.807) is 29.6 Å². The highest BCUT2D eigenvalue weighted by Crippen LogP contribution is 2.11. The fourth-order valence-electron chi connectivity index (χ4n) is 1.61. The number of amides is 1. The summed E-state index contributed by atoms with van der Waals surface area (Å²) in [7, 11) is 0. The Morgan fingerprint density at radius 1 is 1.45 bits per heavy atom. The van der Waals surface area contributed by atoms with Crippen LogP contribution in [0.4, 0.5) is 5.82 Å². The maximum Gasteiger partial charge on any atom is 0.250 e. The molecule has 0 bridgehead atoms. The molecule has 1 N–H and O–H groups in total. The Kier molecular flexibility index (Phi) is 5.11. The molecule has 7 heteroatoms. The van der Waals surface area contributed by atoms with Crippen molar-refractivity contribution < 1.29 is 9.59 Å². The minimum Gasteiger partial charge on any atom is -0.309 e. The molecule has 2 aromatic rings. The van der Waals surface area contributed by atoms with Gasteiger partial charge >= 0.3 is 0 Å². The Morgan fingerprint density at radius 2 is 2.27 bits per heavy atom. The Bertz CT molecular complexity index is 746. The van der Waals surface area contributed by atoms with Crippen molar-refractivity contribution in [2.24, 2.45) is 5.92 Å². The first-order valence-electron chi connectivity index (χ1n) is 6.35. The van der Waals surface area contributed by atoms with Crippen molar-refractivity contribution in [3.8, 4) is 6.07 Å². The molecule has 0 spiro atoms. The summed E-state index contributed by atoms with van der Waals surface area (Å²) in [6.45, 7) is 1.85. The van der Waals surface area contributed by atoms with Crippen LogP contribution in [0.25, 0.3) is 6.08 Å². The zero-order chi connectivity index (χ0) is 15.9. The van der Waals surface area contributed by atoms with Crippen molar-refractivity contribution in [3.63, 3.8) is 0 Å². The van der Waals surface area contributed by atoms with Crippen LogP contribution in [-0.2, 0) is 9.59 Å². The van der Waals surface area contributed by atoms with Gasteiger partial charge in [0.05, 0.1) is 16.8 Å². The number of thiazole rings is 1. The van der Waals surface area contributed by atoms with Crippen molar-refractivity contribution in [2.75, 3.05) is 5.32 Å². The normalized spacial score (nSPS) is 11.8. The molecule has 2 rings (SSSR count). The second-order valence-electron chi connectivity index (χ2n) is 4.29. The Morgan fingerprint density at radius 3 is 2.86 bits per heavy atom. The number of carbonyl (C=O) groups is 2. The number of nitrogens with zero attached hydrogens (tertiary/aromatic N) is 3. The van der Waals surface area contributed by atoms with Crippen LogP contribution in [-0.4, -0.2) is 21.7 Å². The van der Waals surface area contributed by atoms with Crippen molar-refractivity contribution in [1.82, 2.24) is 9.97 Å². The molecular formula is C15H12N4O2S. The molecule has 0 aliphatic heterocycles. The van der Waals surface area contributed by atoms with Gasteiger partial charge in [-0.2, -0.15) is 5.26 Å². The van der Waals surface area contributed by atoms with Gasteiger partial charge in [0.2, 0.25) is 0 Å². The molecular weight excluding hydrogens is 300 g/mol. The maximum absolute atomic E-state index is 12.0. The highest BCUT2D eigenvalue weighted by Gasteiger charge is 2.24. The third-order valence-corrected chi connectivity index (χ3v) is 3.44. The van der Waals surface area contributed by atoms with E-state index in [4.69, 9.17) is 5.26 Å². The zero-order valence-corrected chi connectivity index (χ0v) is 12.5. The third kappa shape index (κ3) is 4.07. The van der Waals surface area contributed by atoms with E-state index in [0.717, 1.165) is 5.01 Å². The largest absolute Gasteiger partial charge is 0.309 e. The van der Waals surface area contributed by atoms with Crippen LogP contribution in [0.15, 0.2) is 35.9 Å². The number of pyridine rings is 1. The van der Waals surface area contributed by atoms with E-state index in [9.17, 15) is 9.59 Å². The van der Waals surface area contributed by atoms with Crippen molar-refractivity contribution in [3.05, 3.63) is 46.6 Å². The Labute approximate surface area is 131 Å². The van der Waals surface area contributed by atoms with Gasteiger partial charge in [-0.3, -0.25) is 9.59 Å². The molecule has 1 atom stereocenters. The predicted molar refractivity (Wildman–Crippen MR) is 82.9 cm³/mol. The number of allylic oxidation sites excluding steroid dienone is 1. The van der Waals surface area contributed by atoms with Gasteiger partial charge in [-0.25, -0.2) is 9.97 Å². The summed E-state index contributed by atoms with van der Waals surface area (Å²) < 4.78 is 0. The molecule has 110 valence electrons. The Hall–Kier alpha value is -2.85. The number of rotatable bonds is 5. The van der Waals surface area contributed by atoms with Crippen LogP contribution >= 0.6 is 11.3 Å². The predicted octanol–water partition coefficient (Wildman–Crippen LogP) is 2.21. The van der Waals surface area contributed by atoms with Crippen molar-refractivity contribution >= 4 is 34.9 Å². The van der Waals surface area contributed by atoms with E-state index < -0.39 is 17.6 Å². The van der Waals surface area contributed by atoms with Gasteiger partial charge in [-0.05, 0) is 31.2 Å². The summed E-state index contributed by atoms with van der Waals surface area (Å²) in [6, 6.07) is 6.67. The lowest BCUT2D eigenvalue weighted by molar-refractivity contribution is -0.126. The van der Waals surface area contributed by atoms with Crippen LogP contribution < -0.4 is 5.32 Å². The summed E-state index contributed by atoms with van der Waals surface area (Å²) in [4.78, 5) is 32.0. The number of hydrogen-bond donors (Lipinski definition) is 1. The van der Waals surface area contributed by atoms with E-state index in [-0.39, 0.29) is 0 Å². The molecule has 0 saturated carbocycles. The fourth-order valence-corrected chi connectivity index (χ4v) is 2.19. The summed E-state index contributed by atoms with van der Waals surface area (Å²) in [5, 5.41) is 14.1. The molecule has 2 aromatic heterocycles. The minimum absolute atomic E-state index is 0.291. The van der Waals surface area contributed by atoms with E-state index in [2.05, 4.69) is 15.3 Å². The molecule has 0 aromatic carbocycles. The lowest BCUT2D eigenvalue weighted by Crippen LogP contribution is -2.27. The van der Waals surface area contributed by atoms with Crippen LogP contribution in [0.1, 0.15) is 10.7 Å². The quantitative estimate of drug-likeness (QED) is 0.674. The number of anilines is 1. The third-order valence-electron chi connectivity index (χ3n) is 2.65. The zero-order valence-electron chi connectivity index (χ0n) is 11.7. The molecule has 0 aliphatic rings. The monoisotopic (exact) mass is 312 g/mol. The van der Waals surface area contributed by atoms with Crippen molar-refractivity contribution in [2.45, 2.75) is 6.92 Å². The van der Waals surface area contributed by atoms with Crippen molar-refractivity contribution in [1.29, 1.82) is 5.26 Å². The first-order chi connectivity index (χ1) is 10.6. The molecule has 22 heavy (non-hydrogen) atoms. The van der Waals surface area contributed by atoms with Crippen LogP contribution in [0.3, 0.4) is 0 Å². The van der Waals surface area contributed by atoms with Crippen LogP contribution in [0.2, 0.25) is 0 Å². The van der Waals surface area contributed by atoms with Gasteiger partial charge in [-0.1, -0.05) is 6.07 Å². The first-order valence-corrected chi connectivity index (χ1v) is 7.23. The highest BCUT2D eigenvalue weighted by molar-refractivity contribution is 7.09. The molecule has 0 saturated heterocycles. The molecule has 2 heterocycles. The summed E-state index contributed by atoms with van der Waals surface area (Å²) in [5.74, 6) is -2.43. The molecule has 0 unspecified atom stereocenters. The van der Waals surface area contributed by atoms with Gasteiger partial charge in [0.15, 0.2) is 11.7 Å². The van der Waals surface area contributed by atoms with Gasteiger partial charge in [0.1, 0.15) is 5.82 Å². The molecule has 6 nitrogen and oxygen atoms in total. The average molecular weight is 312 g/mol. The van der Waals surface area contributed by atoms with Crippen LogP contribution in [0, 0.1) is 24.2 Å². The lowest BCUT2D eigenvalue weighted by Gasteiger charge is -2.06. The van der Waals surface area contributed by atoms with E-state index in [0.29, 0.717) is 11.5 Å². The lowest BCUT2D eigenvalue weighted by atomic mass is 10.0. The number of aromatic nitrogens is 2. The average Bonchev–Trinajstić information content (AvgIpc) is 2.92. The number of ketones is 1. The smallest absolute Gasteiger partial charge is 0.250 e. The summed E-state index contributed by atoms with van der Waals surface area (Å²) >= 11 is 1.45. The molecule has 0 aliphatic carbocycles. The minimum atomic E-state index is -1.42. The topological polar surface area (TPSA) is 95.7 Å². The highest BCUT2D eigenvalue weighted by atomic mass is 32.1. The van der Waals surface area contributed by atoms with Gasteiger partial charge in [-0.15, -0.1) is 11.3 Å². The van der Waals surface area contributed by atoms with Gasteiger partial charge < -0.3 is 5.32 Å². The molecule has 0 radical (unpaired) electrons. The number of nitrogens with one attached hydrogen (secondary N) is 1. The second-order valence-corrected chi connectivity index (χ2v) is 5.36. The Balaban J connectivity index is 2.04. The summed E-state index contributed by atoms with van der Waals surface area (Å²) in [6.07, 6.45) is 4.19. The number of carbonyl (C=O) groups excluding carboxylic acids is 2. The maximum atomic E-state index is 12.0. The summed E-state index contributed by atoms with van der Waals surface area (Å²) in [5.41, 5.74) is 0.623. The second kappa shape index (κ2) is 7.24. The molecule has 1 amide bonds. The SMILES string of the molecule is Cc1nc(/C=C/C(=O)[C@@H](C#N)C(=O)Nc2ccccn2)cs1. The first kappa shape index (κ1) is 15.5. The van der Waals surface area contributed by atoms with Crippen LogP contribution in [0.5, 0.6) is 0 Å². The van der Waals surface area contributed by atoms with Gasteiger partial charge in [0.25, 0.3) is 5.91 Å². The number of nitriles is 1. The van der Waals surface area contributed by atoms with E-state index >= 15 is 0 Å². The van der Waals surface area contributed by atoms with E-state index in [1.165, 1.54) is 29.7 Å². The number of hydrogen-bond acceptors (Lipinski definition) is 6. The number of aryl methyl sites for hydroxylation is 1. The fraction of sp³-hybridized carbons (Fsp3) is 0.133. The standard InChI is InChI=1S/C15H12N4O2S/c1-10-18-11(9-22-10)5-6-13(20)12(8-16)15(21)19-14-4-2-3-7-17-14/h2-7,9,12H,1H3,(H,17,19,21)/b6-5+/t12-/m1/s1. The van der Waals surface area contributed by atoms with E-state index in [1.807, 2.05) is 6.92 Å². The molecule has 0 fully saturated rings. The van der Waals surface area contributed by atoms with Gasteiger partial charge in [0, 0.05) is 11.6 Å².